The van der Waals surface area contributed by atoms with E-state index >= 15 is 0 Å². The molecular weight excluding hydrogens is 520 g/mol. The van der Waals surface area contributed by atoms with E-state index in [9.17, 15) is 22.0 Å². The first-order valence-electron chi connectivity index (χ1n) is 12.5. The van der Waals surface area contributed by atoms with Crippen molar-refractivity contribution in [3.8, 4) is 5.88 Å². The van der Waals surface area contributed by atoms with E-state index in [0.717, 1.165) is 25.5 Å². The van der Waals surface area contributed by atoms with Gasteiger partial charge >= 0.3 is 0 Å². The third-order valence-corrected chi connectivity index (χ3v) is 7.46. The van der Waals surface area contributed by atoms with Gasteiger partial charge in [0.1, 0.15) is 19.0 Å². The molecule has 2 aromatic rings. The highest BCUT2D eigenvalue weighted by molar-refractivity contribution is 7.90. The quantitative estimate of drug-likeness (QED) is 0.349. The molecule has 2 unspecified atom stereocenters. The van der Waals surface area contributed by atoms with Crippen molar-refractivity contribution in [2.24, 2.45) is 5.92 Å². The molecule has 9 nitrogen and oxygen atoms in total. The van der Waals surface area contributed by atoms with Gasteiger partial charge in [0.2, 0.25) is 5.88 Å². The van der Waals surface area contributed by atoms with E-state index in [-0.39, 0.29) is 47.9 Å². The second-order valence-corrected chi connectivity index (χ2v) is 11.4. The fourth-order valence-electron chi connectivity index (χ4n) is 4.33. The first kappa shape index (κ1) is 28.1. The van der Waals surface area contributed by atoms with Crippen molar-refractivity contribution in [1.29, 1.82) is 0 Å². The number of allylic oxidation sites excluding steroid dienone is 1. The van der Waals surface area contributed by atoms with Gasteiger partial charge in [-0.1, -0.05) is 18.2 Å². The van der Waals surface area contributed by atoms with Gasteiger partial charge in [0, 0.05) is 18.4 Å². The Labute approximate surface area is 220 Å². The van der Waals surface area contributed by atoms with Gasteiger partial charge in [-0.3, -0.25) is 4.79 Å². The van der Waals surface area contributed by atoms with Gasteiger partial charge in [0.25, 0.3) is 5.91 Å². The number of amides is 1. The Morgan fingerprint density at radius 1 is 1.11 bits per heavy atom. The normalized spacial score (nSPS) is 24.2. The molecule has 1 saturated heterocycles. The molecule has 2 aliphatic rings. The minimum absolute atomic E-state index is 0.0399. The lowest BCUT2D eigenvalue weighted by atomic mass is 9.98. The molecule has 0 radical (unpaired) electrons. The van der Waals surface area contributed by atoms with Crippen LogP contribution in [-0.2, 0) is 24.1 Å². The Kier molecular flexibility index (Phi) is 9.40. The number of sulfone groups is 1. The van der Waals surface area contributed by atoms with E-state index in [4.69, 9.17) is 14.2 Å². The number of ether oxygens (including phenoxy) is 3. The molecule has 1 aliphatic carbocycles. The average molecular weight is 552 g/mol. The maximum absolute atomic E-state index is 13.8. The molecule has 4 atom stereocenters. The van der Waals surface area contributed by atoms with Crippen LogP contribution in [-0.4, -0.2) is 69.0 Å². The van der Waals surface area contributed by atoms with Gasteiger partial charge in [-0.25, -0.2) is 27.2 Å². The molecule has 2 heterocycles. The van der Waals surface area contributed by atoms with Crippen molar-refractivity contribution in [2.45, 2.75) is 55.6 Å². The lowest BCUT2D eigenvalue weighted by Crippen LogP contribution is -2.24. The predicted octanol–water partition coefficient (Wildman–Crippen LogP) is 3.91. The zero-order valence-corrected chi connectivity index (χ0v) is 21.8. The van der Waals surface area contributed by atoms with Crippen molar-refractivity contribution >= 4 is 27.1 Å². The lowest BCUT2D eigenvalue weighted by molar-refractivity contribution is -0.165. The minimum atomic E-state index is -3.43. The standard InChI is InChI=1S/C26H31F2N3O6S/c1-38(33,34)19-7-5-18(6-8-19)20(12-17-13-21(27)22(28)14-17)26(32)31-23-15-30-24(16-29-23)35-10-11-37-25-4-2-3-9-36-25/h5-8,12,15-17,21-22,25H,2-4,9-11,13-14H2,1H3,(H,29,31,32)/b20-12+/t17?,21-,22+,25?. The van der Waals surface area contributed by atoms with E-state index in [1.807, 2.05) is 0 Å². The Morgan fingerprint density at radius 3 is 2.45 bits per heavy atom. The Morgan fingerprint density at radius 2 is 1.84 bits per heavy atom. The summed E-state index contributed by atoms with van der Waals surface area (Å²) in [5.41, 5.74) is 0.558. The number of alkyl halides is 2. The predicted molar refractivity (Wildman–Crippen MR) is 136 cm³/mol. The molecule has 1 N–H and O–H groups in total. The summed E-state index contributed by atoms with van der Waals surface area (Å²) < 4.78 is 67.8. The summed E-state index contributed by atoms with van der Waals surface area (Å²) in [6.45, 7) is 1.28. The maximum atomic E-state index is 13.8. The van der Waals surface area contributed by atoms with Crippen LogP contribution in [0.1, 0.15) is 37.7 Å². The van der Waals surface area contributed by atoms with Crippen molar-refractivity contribution < 1.29 is 36.2 Å². The number of rotatable bonds is 10. The Bertz CT molecular complexity index is 1210. The first-order valence-corrected chi connectivity index (χ1v) is 14.4. The zero-order chi connectivity index (χ0) is 27.1. The van der Waals surface area contributed by atoms with Gasteiger partial charge in [-0.2, -0.15) is 0 Å². The fraction of sp³-hybridized carbons (Fsp3) is 0.500. The van der Waals surface area contributed by atoms with Crippen LogP contribution in [0, 0.1) is 5.92 Å². The smallest absolute Gasteiger partial charge is 0.257 e. The van der Waals surface area contributed by atoms with Crippen LogP contribution in [0.25, 0.3) is 5.57 Å². The van der Waals surface area contributed by atoms with Crippen LogP contribution in [0.5, 0.6) is 5.88 Å². The van der Waals surface area contributed by atoms with Crippen molar-refractivity contribution in [3.05, 3.63) is 48.3 Å². The molecule has 1 aliphatic heterocycles. The molecule has 0 bridgehead atoms. The molecule has 4 rings (SSSR count). The number of halogens is 2. The summed E-state index contributed by atoms with van der Waals surface area (Å²) in [5.74, 6) is -0.666. The summed E-state index contributed by atoms with van der Waals surface area (Å²) in [4.78, 5) is 21.6. The van der Waals surface area contributed by atoms with Crippen LogP contribution in [0.4, 0.5) is 14.6 Å². The Hall–Kier alpha value is -2.96. The minimum Gasteiger partial charge on any atom is -0.474 e. The fourth-order valence-corrected chi connectivity index (χ4v) is 4.96. The van der Waals surface area contributed by atoms with Crippen LogP contribution in [0.2, 0.25) is 0 Å². The molecule has 1 amide bonds. The highest BCUT2D eigenvalue weighted by Gasteiger charge is 2.34. The van der Waals surface area contributed by atoms with Crippen LogP contribution < -0.4 is 10.1 Å². The zero-order valence-electron chi connectivity index (χ0n) is 21.0. The van der Waals surface area contributed by atoms with E-state index in [1.165, 1.54) is 42.7 Å². The van der Waals surface area contributed by atoms with Gasteiger partial charge in [-0.05, 0) is 55.7 Å². The molecule has 38 heavy (non-hydrogen) atoms. The molecule has 1 saturated carbocycles. The van der Waals surface area contributed by atoms with E-state index in [2.05, 4.69) is 15.3 Å². The maximum Gasteiger partial charge on any atom is 0.257 e. The van der Waals surface area contributed by atoms with Crippen LogP contribution in [0.15, 0.2) is 47.6 Å². The summed E-state index contributed by atoms with van der Waals surface area (Å²) in [7, 11) is -3.43. The summed E-state index contributed by atoms with van der Waals surface area (Å²) in [6.07, 6.45) is 4.78. The number of carbonyl (C=O) groups is 1. The molecular formula is C26H31F2N3O6S. The van der Waals surface area contributed by atoms with Crippen molar-refractivity contribution in [1.82, 2.24) is 9.97 Å². The molecule has 0 spiro atoms. The SMILES string of the molecule is CS(=O)(=O)c1ccc(/C(=C\C2C[C@@H](F)[C@@H](F)C2)C(=O)Nc2cnc(OCCOC3CCCCO3)cn2)cc1. The molecule has 206 valence electrons. The average Bonchev–Trinajstić information content (AvgIpc) is 3.22. The number of benzene rings is 1. The monoisotopic (exact) mass is 551 g/mol. The number of nitrogens with zero attached hydrogens (tertiary/aromatic N) is 2. The van der Waals surface area contributed by atoms with Gasteiger partial charge in [-0.15, -0.1) is 0 Å². The van der Waals surface area contributed by atoms with Gasteiger partial charge < -0.3 is 19.5 Å². The number of hydrogen-bond donors (Lipinski definition) is 1. The second kappa shape index (κ2) is 12.7. The summed E-state index contributed by atoms with van der Waals surface area (Å²) >= 11 is 0. The molecule has 1 aromatic heterocycles. The van der Waals surface area contributed by atoms with E-state index in [0.29, 0.717) is 18.8 Å². The third-order valence-electron chi connectivity index (χ3n) is 6.33. The number of hydrogen-bond acceptors (Lipinski definition) is 8. The number of aromatic nitrogens is 2. The first-order chi connectivity index (χ1) is 18.2. The van der Waals surface area contributed by atoms with E-state index < -0.39 is 34.0 Å². The number of anilines is 1. The number of nitrogens with one attached hydrogen (secondary N) is 1. The lowest BCUT2D eigenvalue weighted by Gasteiger charge is -2.22. The molecule has 2 fully saturated rings. The van der Waals surface area contributed by atoms with Crippen molar-refractivity contribution in [2.75, 3.05) is 31.4 Å². The van der Waals surface area contributed by atoms with Gasteiger partial charge in [0.15, 0.2) is 21.9 Å². The second-order valence-electron chi connectivity index (χ2n) is 9.35. The summed E-state index contributed by atoms with van der Waals surface area (Å²) in [5, 5.41) is 2.64. The topological polar surface area (TPSA) is 117 Å². The largest absolute Gasteiger partial charge is 0.474 e. The van der Waals surface area contributed by atoms with Crippen LogP contribution >= 0.6 is 0 Å². The van der Waals surface area contributed by atoms with E-state index in [1.54, 1.807) is 0 Å². The van der Waals surface area contributed by atoms with Crippen molar-refractivity contribution in [3.63, 3.8) is 0 Å². The highest BCUT2D eigenvalue weighted by Crippen LogP contribution is 2.34. The summed E-state index contributed by atoms with van der Waals surface area (Å²) in [6, 6.07) is 5.73. The molecule has 1 aromatic carbocycles. The third kappa shape index (κ3) is 7.78. The number of carbonyl (C=O) groups excluding carboxylic acids is 1. The van der Waals surface area contributed by atoms with Crippen LogP contribution in [0.3, 0.4) is 0 Å². The highest BCUT2D eigenvalue weighted by atomic mass is 32.2. The van der Waals surface area contributed by atoms with Gasteiger partial charge in [0.05, 0.1) is 23.9 Å². The molecule has 12 heteroatoms. The Balaban J connectivity index is 1.40.